The summed E-state index contributed by atoms with van der Waals surface area (Å²) < 4.78 is 20.9. The lowest BCUT2D eigenvalue weighted by molar-refractivity contribution is 0.141. The highest BCUT2D eigenvalue weighted by Crippen LogP contribution is 2.31. The number of alkyl halides is 1. The van der Waals surface area contributed by atoms with Crippen LogP contribution in [0.1, 0.15) is 20.8 Å². The van der Waals surface area contributed by atoms with Crippen molar-refractivity contribution in [3.05, 3.63) is 0 Å². The van der Waals surface area contributed by atoms with E-state index in [9.17, 15) is 4.39 Å². The molecule has 0 heterocycles. The smallest absolute Gasteiger partial charge is 0.288 e. The van der Waals surface area contributed by atoms with Gasteiger partial charge in [0, 0.05) is 0 Å². The Morgan fingerprint density at radius 2 is 1.24 bits per heavy atom. The first-order chi connectivity index (χ1) is 7.46. The van der Waals surface area contributed by atoms with E-state index in [0.29, 0.717) is 0 Å². The molecule has 0 radical (unpaired) electrons. The topological polar surface area (TPSA) is 9.72 Å². The Labute approximate surface area is 108 Å². The predicted molar refractivity (Wildman–Crippen MR) is 76.0 cm³/mol. The van der Waals surface area contributed by atoms with Crippen LogP contribution >= 0.6 is 0 Å². The van der Waals surface area contributed by atoms with Gasteiger partial charge in [-0.15, -0.1) is 0 Å². The van der Waals surface area contributed by atoms with E-state index in [-0.39, 0.29) is 5.92 Å². The Balaban J connectivity index is 5.20. The van der Waals surface area contributed by atoms with Crippen molar-refractivity contribution in [1.29, 1.82) is 0 Å². The highest BCUT2D eigenvalue weighted by molar-refractivity contribution is 6.71. The fraction of sp³-hybridized carbons (Fsp3) is 1.00. The molecule has 0 N–H and O–H groups in total. The van der Waals surface area contributed by atoms with Gasteiger partial charge in [0.2, 0.25) is 0 Å². The minimum Gasteiger partial charge on any atom is -0.305 e. The van der Waals surface area contributed by atoms with Gasteiger partial charge in [0.1, 0.15) is 5.67 Å². The maximum absolute atomic E-state index is 14.1. The summed E-state index contributed by atoms with van der Waals surface area (Å²) in [6, 6.07) is 0.892. The van der Waals surface area contributed by atoms with Crippen molar-refractivity contribution in [3.8, 4) is 0 Å². The molecule has 0 spiro atoms. The summed E-state index contributed by atoms with van der Waals surface area (Å²) in [7, 11) is 10.7. The van der Waals surface area contributed by atoms with Gasteiger partial charge in [0.15, 0.2) is 0 Å². The largest absolute Gasteiger partial charge is 0.305 e. The van der Waals surface area contributed by atoms with Crippen LogP contribution in [0, 0.1) is 5.92 Å². The molecule has 0 aliphatic heterocycles. The molecule has 5 heteroatoms. The summed E-state index contributed by atoms with van der Waals surface area (Å²) in [6.45, 7) is 5.37. The van der Waals surface area contributed by atoms with E-state index in [4.69, 9.17) is 0 Å². The van der Waals surface area contributed by atoms with Crippen molar-refractivity contribution < 1.29 is 4.39 Å². The lowest BCUT2D eigenvalue weighted by atomic mass is 9.97. The first-order valence-electron chi connectivity index (χ1n) is 6.17. The average molecular weight is 263 g/mol. The zero-order valence-corrected chi connectivity index (χ0v) is 14.0. The summed E-state index contributed by atoms with van der Waals surface area (Å²) >= 11 is 0. The highest BCUT2D eigenvalue weighted by Gasteiger charge is 2.46. The molecule has 0 aliphatic carbocycles. The summed E-state index contributed by atoms with van der Waals surface area (Å²) in [5, 5.41) is 0. The fourth-order valence-electron chi connectivity index (χ4n) is 2.40. The molecule has 0 aromatic heterocycles. The minimum absolute atomic E-state index is 0.0429. The molecule has 0 aromatic carbocycles. The quantitative estimate of drug-likeness (QED) is 0.679. The predicted octanol–water partition coefficient (Wildman–Crippen LogP) is 1.99. The van der Waals surface area contributed by atoms with Crippen LogP contribution in [0.3, 0.4) is 0 Å². The molecule has 0 amide bonds. The molecule has 0 fully saturated rings. The van der Waals surface area contributed by atoms with Crippen LogP contribution in [0.15, 0.2) is 0 Å². The molecule has 1 unspecified atom stereocenters. The van der Waals surface area contributed by atoms with Gasteiger partial charge >= 0.3 is 0 Å². The van der Waals surface area contributed by atoms with E-state index in [1.54, 1.807) is 13.8 Å². The maximum Gasteiger partial charge on any atom is 0.288 e. The summed E-state index contributed by atoms with van der Waals surface area (Å²) in [6.07, 6.45) is 0. The van der Waals surface area contributed by atoms with Crippen molar-refractivity contribution in [1.82, 2.24) is 13.7 Å². The third-order valence-corrected chi connectivity index (χ3v) is 9.36. The monoisotopic (exact) mass is 263 g/mol. The molecule has 3 nitrogen and oxygen atoms in total. The number of halogens is 1. The lowest BCUT2D eigenvalue weighted by Crippen LogP contribution is -2.70. The van der Waals surface area contributed by atoms with Crippen molar-refractivity contribution in [2.24, 2.45) is 5.92 Å². The Bertz CT molecular complexity index is 215. The summed E-state index contributed by atoms with van der Waals surface area (Å²) in [5.74, 6) is 0.0429. The second-order valence-corrected chi connectivity index (χ2v) is 10.8. The molecule has 0 bridgehead atoms. The van der Waals surface area contributed by atoms with Gasteiger partial charge in [-0.3, -0.25) is 0 Å². The van der Waals surface area contributed by atoms with Crippen molar-refractivity contribution >= 4 is 8.56 Å². The standard InChI is InChI=1S/C12H30FN3Si/c1-11(12(2,3)13)10-17(14(4)5,15(6)7)16(8)9/h11H,10H2,1-9H3. The zero-order valence-electron chi connectivity index (χ0n) is 13.0. The Hall–Kier alpha value is 0.0269. The van der Waals surface area contributed by atoms with Gasteiger partial charge in [-0.05, 0) is 68.1 Å². The van der Waals surface area contributed by atoms with Gasteiger partial charge in [0.25, 0.3) is 8.56 Å². The highest BCUT2D eigenvalue weighted by atomic mass is 28.4. The molecule has 0 aliphatic rings. The number of rotatable bonds is 6. The van der Waals surface area contributed by atoms with Gasteiger partial charge in [-0.2, -0.15) is 0 Å². The molecule has 1 atom stereocenters. The Morgan fingerprint density at radius 3 is 1.41 bits per heavy atom. The van der Waals surface area contributed by atoms with Crippen LogP contribution < -0.4 is 0 Å². The third-order valence-electron chi connectivity index (χ3n) is 3.90. The Kier molecular flexibility index (Phi) is 5.79. The second kappa shape index (κ2) is 5.78. The average Bonchev–Trinajstić information content (AvgIpc) is 2.09. The van der Waals surface area contributed by atoms with E-state index >= 15 is 0 Å². The van der Waals surface area contributed by atoms with E-state index in [0.717, 1.165) is 6.04 Å². The van der Waals surface area contributed by atoms with Gasteiger partial charge in [0.05, 0.1) is 0 Å². The van der Waals surface area contributed by atoms with Crippen LogP contribution in [-0.4, -0.2) is 70.2 Å². The van der Waals surface area contributed by atoms with Gasteiger partial charge in [-0.25, -0.2) is 4.39 Å². The third kappa shape index (κ3) is 3.74. The molecular formula is C12H30FN3Si. The molecule has 0 rings (SSSR count). The fourth-order valence-corrected chi connectivity index (χ4v) is 7.20. The summed E-state index contributed by atoms with van der Waals surface area (Å²) in [5.41, 5.74) is -1.12. The molecular weight excluding hydrogens is 233 g/mol. The molecule has 0 saturated carbocycles. The zero-order chi connectivity index (χ0) is 14.0. The normalized spacial score (nSPS) is 16.1. The second-order valence-electron chi connectivity index (χ2n) is 6.13. The minimum atomic E-state index is -1.94. The Morgan fingerprint density at radius 1 is 0.941 bits per heavy atom. The van der Waals surface area contributed by atoms with Crippen LogP contribution in [0.25, 0.3) is 0 Å². The van der Waals surface area contributed by atoms with Crippen molar-refractivity contribution in [2.75, 3.05) is 42.3 Å². The van der Waals surface area contributed by atoms with E-state index in [1.807, 2.05) is 6.92 Å². The first kappa shape index (κ1) is 17.0. The van der Waals surface area contributed by atoms with Crippen molar-refractivity contribution in [2.45, 2.75) is 32.5 Å². The molecule has 104 valence electrons. The molecule has 17 heavy (non-hydrogen) atoms. The SMILES string of the molecule is CC(C[Si](N(C)C)(N(C)C)N(C)C)C(C)(C)F. The number of hydrogen-bond donors (Lipinski definition) is 0. The summed E-state index contributed by atoms with van der Waals surface area (Å²) in [4.78, 5) is 0. The van der Waals surface area contributed by atoms with Gasteiger partial charge < -0.3 is 13.7 Å². The lowest BCUT2D eigenvalue weighted by Gasteiger charge is -2.48. The molecule has 0 saturated heterocycles. The number of hydrogen-bond acceptors (Lipinski definition) is 3. The van der Waals surface area contributed by atoms with E-state index in [1.165, 1.54) is 0 Å². The van der Waals surface area contributed by atoms with Crippen LogP contribution in [0.2, 0.25) is 6.04 Å². The van der Waals surface area contributed by atoms with Crippen LogP contribution in [-0.2, 0) is 0 Å². The van der Waals surface area contributed by atoms with E-state index in [2.05, 4.69) is 56.0 Å². The van der Waals surface area contributed by atoms with Gasteiger partial charge in [-0.1, -0.05) is 6.92 Å². The number of nitrogens with zero attached hydrogens (tertiary/aromatic N) is 3. The van der Waals surface area contributed by atoms with Crippen LogP contribution in [0.5, 0.6) is 0 Å². The maximum atomic E-state index is 14.1. The first-order valence-corrected chi connectivity index (χ1v) is 8.22. The van der Waals surface area contributed by atoms with Crippen molar-refractivity contribution in [3.63, 3.8) is 0 Å². The molecule has 0 aromatic rings. The van der Waals surface area contributed by atoms with E-state index < -0.39 is 14.2 Å². The van der Waals surface area contributed by atoms with Crippen LogP contribution in [0.4, 0.5) is 4.39 Å².